The molecule has 0 aromatic heterocycles. The Kier molecular flexibility index (Phi) is 6.98. The topological polar surface area (TPSA) is 41.5 Å². The number of hydrogen-bond acceptors (Lipinski definition) is 3. The van der Waals surface area contributed by atoms with Crippen LogP contribution in [0.1, 0.15) is 39.0 Å². The summed E-state index contributed by atoms with van der Waals surface area (Å²) in [6, 6.07) is 0. The van der Waals surface area contributed by atoms with Crippen molar-refractivity contribution < 1.29 is 9.84 Å². The molecule has 2 N–H and O–H groups in total. The van der Waals surface area contributed by atoms with Crippen LogP contribution in [0.4, 0.5) is 0 Å². The van der Waals surface area contributed by atoms with Crippen molar-refractivity contribution in [3.63, 3.8) is 0 Å². The number of aliphatic hydroxyl groups is 1. The summed E-state index contributed by atoms with van der Waals surface area (Å²) in [6.45, 7) is 5.50. The lowest BCUT2D eigenvalue weighted by Gasteiger charge is -2.11. The van der Waals surface area contributed by atoms with Crippen molar-refractivity contribution in [3.05, 3.63) is 0 Å². The van der Waals surface area contributed by atoms with E-state index in [0.717, 1.165) is 39.0 Å². The van der Waals surface area contributed by atoms with Crippen molar-refractivity contribution in [2.24, 2.45) is 5.92 Å². The summed E-state index contributed by atoms with van der Waals surface area (Å²) in [5.74, 6) is 0.449. The van der Waals surface area contributed by atoms with Crippen LogP contribution in [-0.2, 0) is 4.74 Å². The van der Waals surface area contributed by atoms with Gasteiger partial charge < -0.3 is 15.2 Å². The molecule has 1 aliphatic heterocycles. The fourth-order valence-corrected chi connectivity index (χ4v) is 1.93. The molecule has 1 heterocycles. The Morgan fingerprint density at radius 2 is 2.33 bits per heavy atom. The molecule has 0 aromatic rings. The zero-order valence-corrected chi connectivity index (χ0v) is 9.87. The van der Waals surface area contributed by atoms with Gasteiger partial charge in [-0.25, -0.2) is 0 Å². The summed E-state index contributed by atoms with van der Waals surface area (Å²) in [7, 11) is 0. The highest BCUT2D eigenvalue weighted by Gasteiger charge is 2.14. The Hall–Kier alpha value is -0.120. The van der Waals surface area contributed by atoms with E-state index in [0.29, 0.717) is 18.6 Å². The quantitative estimate of drug-likeness (QED) is 0.604. The van der Waals surface area contributed by atoms with Gasteiger partial charge in [-0.3, -0.25) is 0 Å². The van der Waals surface area contributed by atoms with Crippen LogP contribution in [0, 0.1) is 5.92 Å². The molecule has 0 radical (unpaired) electrons. The molecular formula is C12H25NO2. The first kappa shape index (κ1) is 12.9. The average molecular weight is 215 g/mol. The molecule has 15 heavy (non-hydrogen) atoms. The van der Waals surface area contributed by atoms with Gasteiger partial charge in [0.1, 0.15) is 0 Å². The van der Waals surface area contributed by atoms with Gasteiger partial charge in [0.15, 0.2) is 0 Å². The molecule has 90 valence electrons. The summed E-state index contributed by atoms with van der Waals surface area (Å²) in [6.07, 6.45) is 6.41. The fraction of sp³-hybridized carbons (Fsp3) is 1.00. The van der Waals surface area contributed by atoms with Crippen LogP contribution < -0.4 is 5.32 Å². The van der Waals surface area contributed by atoms with Crippen molar-refractivity contribution in [1.82, 2.24) is 5.32 Å². The van der Waals surface area contributed by atoms with Crippen molar-refractivity contribution in [3.8, 4) is 0 Å². The normalized spacial score (nSPS) is 23.2. The second-order valence-electron chi connectivity index (χ2n) is 4.60. The minimum atomic E-state index is 0.315. The van der Waals surface area contributed by atoms with Gasteiger partial charge in [-0.2, -0.15) is 0 Å². The molecule has 3 heteroatoms. The molecule has 1 rings (SSSR count). The summed E-state index contributed by atoms with van der Waals surface area (Å²) >= 11 is 0. The Morgan fingerprint density at radius 3 is 3.00 bits per heavy atom. The molecule has 1 saturated heterocycles. The van der Waals surface area contributed by atoms with E-state index in [-0.39, 0.29) is 0 Å². The maximum atomic E-state index is 8.84. The molecule has 1 aliphatic rings. The van der Waals surface area contributed by atoms with Crippen LogP contribution in [0.15, 0.2) is 0 Å². The fourth-order valence-electron chi connectivity index (χ4n) is 1.93. The molecule has 2 unspecified atom stereocenters. The summed E-state index contributed by atoms with van der Waals surface area (Å²) in [5.41, 5.74) is 0. The van der Waals surface area contributed by atoms with Gasteiger partial charge >= 0.3 is 0 Å². The highest BCUT2D eigenvalue weighted by Crippen LogP contribution is 2.14. The summed E-state index contributed by atoms with van der Waals surface area (Å²) in [4.78, 5) is 0. The lowest BCUT2D eigenvalue weighted by Crippen LogP contribution is -2.21. The van der Waals surface area contributed by atoms with Gasteiger partial charge in [0, 0.05) is 13.2 Å². The summed E-state index contributed by atoms with van der Waals surface area (Å²) < 4.78 is 5.54. The Labute approximate surface area is 93.2 Å². The van der Waals surface area contributed by atoms with Gasteiger partial charge in [-0.1, -0.05) is 6.92 Å². The van der Waals surface area contributed by atoms with Gasteiger partial charge in [0.05, 0.1) is 6.10 Å². The van der Waals surface area contributed by atoms with E-state index in [1.165, 1.54) is 12.8 Å². The van der Waals surface area contributed by atoms with E-state index >= 15 is 0 Å². The standard InChI is InChI=1S/C12H25NO2/c1-11(10-14)4-2-7-13-8-6-12-5-3-9-15-12/h11-14H,2-10H2,1H3. The Balaban J connectivity index is 1.80. The summed E-state index contributed by atoms with van der Waals surface area (Å²) in [5, 5.41) is 12.3. The minimum Gasteiger partial charge on any atom is -0.396 e. The van der Waals surface area contributed by atoms with Crippen LogP contribution in [0.25, 0.3) is 0 Å². The average Bonchev–Trinajstić information content (AvgIpc) is 2.75. The van der Waals surface area contributed by atoms with Gasteiger partial charge in [-0.05, 0) is 51.1 Å². The third-order valence-corrected chi connectivity index (χ3v) is 3.03. The maximum absolute atomic E-state index is 8.84. The smallest absolute Gasteiger partial charge is 0.0588 e. The first-order valence-electron chi connectivity index (χ1n) is 6.26. The van der Waals surface area contributed by atoms with Crippen molar-refractivity contribution >= 4 is 0 Å². The number of rotatable bonds is 8. The van der Waals surface area contributed by atoms with E-state index in [1.807, 2.05) is 0 Å². The van der Waals surface area contributed by atoms with Crippen molar-refractivity contribution in [2.75, 3.05) is 26.3 Å². The predicted octanol–water partition coefficient (Wildman–Crippen LogP) is 1.55. The largest absolute Gasteiger partial charge is 0.396 e. The minimum absolute atomic E-state index is 0.315. The van der Waals surface area contributed by atoms with Crippen LogP contribution in [-0.4, -0.2) is 37.5 Å². The van der Waals surface area contributed by atoms with E-state index in [4.69, 9.17) is 9.84 Å². The van der Waals surface area contributed by atoms with E-state index in [9.17, 15) is 0 Å². The second kappa shape index (κ2) is 8.08. The van der Waals surface area contributed by atoms with Crippen LogP contribution >= 0.6 is 0 Å². The van der Waals surface area contributed by atoms with Crippen molar-refractivity contribution in [2.45, 2.75) is 45.1 Å². The molecule has 0 spiro atoms. The number of nitrogens with one attached hydrogen (secondary N) is 1. The molecule has 0 bridgehead atoms. The van der Waals surface area contributed by atoms with Crippen LogP contribution in [0.2, 0.25) is 0 Å². The third-order valence-electron chi connectivity index (χ3n) is 3.03. The highest BCUT2D eigenvalue weighted by atomic mass is 16.5. The third kappa shape index (κ3) is 6.13. The zero-order valence-electron chi connectivity index (χ0n) is 9.87. The van der Waals surface area contributed by atoms with Crippen LogP contribution in [0.5, 0.6) is 0 Å². The molecule has 1 fully saturated rings. The molecule has 0 aliphatic carbocycles. The second-order valence-corrected chi connectivity index (χ2v) is 4.60. The lowest BCUT2D eigenvalue weighted by molar-refractivity contribution is 0.104. The maximum Gasteiger partial charge on any atom is 0.0588 e. The van der Waals surface area contributed by atoms with Gasteiger partial charge in [-0.15, -0.1) is 0 Å². The van der Waals surface area contributed by atoms with E-state index in [2.05, 4.69) is 12.2 Å². The molecule has 3 nitrogen and oxygen atoms in total. The zero-order chi connectivity index (χ0) is 10.9. The monoisotopic (exact) mass is 215 g/mol. The first-order valence-corrected chi connectivity index (χ1v) is 6.26. The lowest BCUT2D eigenvalue weighted by atomic mass is 10.1. The van der Waals surface area contributed by atoms with Gasteiger partial charge in [0.25, 0.3) is 0 Å². The SMILES string of the molecule is CC(CO)CCCNCCC1CCCO1. The van der Waals surface area contributed by atoms with Crippen LogP contribution in [0.3, 0.4) is 0 Å². The first-order chi connectivity index (χ1) is 7.33. The number of ether oxygens (including phenoxy) is 1. The highest BCUT2D eigenvalue weighted by molar-refractivity contribution is 4.66. The van der Waals surface area contributed by atoms with Gasteiger partial charge in [0.2, 0.25) is 0 Å². The molecule has 0 aromatic carbocycles. The number of aliphatic hydroxyl groups excluding tert-OH is 1. The van der Waals surface area contributed by atoms with E-state index < -0.39 is 0 Å². The molecule has 0 amide bonds. The molecule has 0 saturated carbocycles. The Bertz CT molecular complexity index is 147. The van der Waals surface area contributed by atoms with Crippen molar-refractivity contribution in [1.29, 1.82) is 0 Å². The number of hydrogen-bond donors (Lipinski definition) is 2. The Morgan fingerprint density at radius 1 is 1.47 bits per heavy atom. The molecule has 2 atom stereocenters. The predicted molar refractivity (Wildman–Crippen MR) is 61.9 cm³/mol. The molecular weight excluding hydrogens is 190 g/mol. The van der Waals surface area contributed by atoms with E-state index in [1.54, 1.807) is 0 Å².